The number of rotatable bonds is 6. The van der Waals surface area contributed by atoms with Crippen molar-refractivity contribution in [2.45, 2.75) is 18.3 Å². The van der Waals surface area contributed by atoms with E-state index in [-0.39, 0.29) is 10.4 Å². The Bertz CT molecular complexity index is 1520. The molecular weight excluding hydrogens is 491 g/mol. The SMILES string of the molecule is Cn1cc(-c2cnc3c(-c4csc(C(=O)N[C@H](c5ccccc5)[C@@H](N)C(F)(F)F)c4)cnn3c2)cn1. The van der Waals surface area contributed by atoms with Crippen LogP contribution in [0.5, 0.6) is 0 Å². The Morgan fingerprint density at radius 2 is 1.81 bits per heavy atom. The average molecular weight is 512 g/mol. The van der Waals surface area contributed by atoms with Crippen LogP contribution < -0.4 is 11.1 Å². The van der Waals surface area contributed by atoms with E-state index in [2.05, 4.69) is 20.5 Å². The van der Waals surface area contributed by atoms with E-state index >= 15 is 0 Å². The molecule has 2 atom stereocenters. The standard InChI is InChI=1S/C24H20F3N7OS/c1-33-11-17(9-30-33)16-8-29-22-18(10-31-34(22)12-16)15-7-19(36-13-15)23(35)32-20(21(28)24(25,26)27)14-5-3-2-4-6-14/h2-13,20-21H,28H2,1H3,(H,32,35)/t20-,21-/m1/s1. The summed E-state index contributed by atoms with van der Waals surface area (Å²) in [5.74, 6) is -0.650. The molecule has 0 spiro atoms. The second kappa shape index (κ2) is 9.21. The molecular formula is C24H20F3N7OS. The Labute approximate surface area is 207 Å². The Morgan fingerprint density at radius 3 is 2.50 bits per heavy atom. The van der Waals surface area contributed by atoms with E-state index in [0.29, 0.717) is 16.8 Å². The molecule has 0 saturated heterocycles. The highest BCUT2D eigenvalue weighted by atomic mass is 32.1. The van der Waals surface area contributed by atoms with Gasteiger partial charge in [-0.1, -0.05) is 30.3 Å². The number of halogens is 3. The molecule has 0 saturated carbocycles. The van der Waals surface area contributed by atoms with Gasteiger partial charge in [0.1, 0.15) is 6.04 Å². The van der Waals surface area contributed by atoms with Crippen LogP contribution in [0.2, 0.25) is 0 Å². The summed E-state index contributed by atoms with van der Waals surface area (Å²) < 4.78 is 43.6. The summed E-state index contributed by atoms with van der Waals surface area (Å²) in [4.78, 5) is 17.7. The number of alkyl halides is 3. The molecule has 0 aliphatic heterocycles. The molecule has 184 valence electrons. The van der Waals surface area contributed by atoms with Crippen molar-refractivity contribution >= 4 is 22.9 Å². The van der Waals surface area contributed by atoms with Crippen LogP contribution in [0.1, 0.15) is 21.3 Å². The minimum Gasteiger partial charge on any atom is -0.343 e. The summed E-state index contributed by atoms with van der Waals surface area (Å²) in [7, 11) is 1.82. The normalized spacial score (nSPS) is 13.6. The number of carbonyl (C=O) groups is 1. The van der Waals surface area contributed by atoms with Gasteiger partial charge in [0, 0.05) is 42.3 Å². The first-order chi connectivity index (χ1) is 17.2. The lowest BCUT2D eigenvalue weighted by atomic mass is 9.99. The quantitative estimate of drug-likeness (QED) is 0.355. The monoisotopic (exact) mass is 511 g/mol. The van der Waals surface area contributed by atoms with Gasteiger partial charge >= 0.3 is 6.18 Å². The van der Waals surface area contributed by atoms with Crippen molar-refractivity contribution in [3.63, 3.8) is 0 Å². The number of hydrogen-bond donors (Lipinski definition) is 2. The van der Waals surface area contributed by atoms with Gasteiger partial charge in [0.15, 0.2) is 5.65 Å². The Hall–Kier alpha value is -4.03. The van der Waals surface area contributed by atoms with Crippen LogP contribution in [0.3, 0.4) is 0 Å². The zero-order chi connectivity index (χ0) is 25.4. The van der Waals surface area contributed by atoms with Crippen molar-refractivity contribution in [2.24, 2.45) is 12.8 Å². The van der Waals surface area contributed by atoms with Crippen LogP contribution in [0.15, 0.2) is 72.8 Å². The summed E-state index contributed by atoms with van der Waals surface area (Å²) in [5.41, 5.74) is 9.43. The second-order valence-electron chi connectivity index (χ2n) is 8.20. The maximum Gasteiger partial charge on any atom is 0.405 e. The number of amides is 1. The molecule has 0 fully saturated rings. The minimum atomic E-state index is -4.69. The van der Waals surface area contributed by atoms with Gasteiger partial charge in [-0.2, -0.15) is 23.4 Å². The van der Waals surface area contributed by atoms with Crippen molar-refractivity contribution in [1.82, 2.24) is 29.7 Å². The summed E-state index contributed by atoms with van der Waals surface area (Å²) in [6, 6.07) is 5.78. The third-order valence-electron chi connectivity index (χ3n) is 5.71. The minimum absolute atomic E-state index is 0.242. The molecule has 12 heteroatoms. The van der Waals surface area contributed by atoms with E-state index in [9.17, 15) is 18.0 Å². The van der Waals surface area contributed by atoms with Crippen LogP contribution in [0.25, 0.3) is 27.9 Å². The molecule has 0 unspecified atom stereocenters. The first-order valence-corrected chi connectivity index (χ1v) is 11.7. The molecule has 5 aromatic rings. The van der Waals surface area contributed by atoms with E-state index in [1.165, 1.54) is 12.1 Å². The van der Waals surface area contributed by atoms with Crippen molar-refractivity contribution in [3.05, 3.63) is 83.2 Å². The number of fused-ring (bicyclic) bond motifs is 1. The number of benzene rings is 1. The molecule has 1 aromatic carbocycles. The first-order valence-electron chi connectivity index (χ1n) is 10.8. The molecule has 4 heterocycles. The van der Waals surface area contributed by atoms with Gasteiger partial charge in [0.2, 0.25) is 0 Å². The van der Waals surface area contributed by atoms with E-state index < -0.39 is 24.2 Å². The van der Waals surface area contributed by atoms with Crippen LogP contribution in [0.4, 0.5) is 13.2 Å². The number of hydrogen-bond acceptors (Lipinski definition) is 6. The highest BCUT2D eigenvalue weighted by molar-refractivity contribution is 7.12. The van der Waals surface area contributed by atoms with Crippen LogP contribution in [0, 0.1) is 0 Å². The fourth-order valence-electron chi connectivity index (χ4n) is 3.84. The van der Waals surface area contributed by atoms with Crippen LogP contribution in [-0.2, 0) is 7.05 Å². The van der Waals surface area contributed by atoms with E-state index in [1.54, 1.807) is 57.4 Å². The first kappa shape index (κ1) is 23.7. The number of aryl methyl sites for hydroxylation is 1. The molecule has 3 N–H and O–H groups in total. The summed E-state index contributed by atoms with van der Waals surface area (Å²) >= 11 is 1.11. The van der Waals surface area contributed by atoms with Gasteiger partial charge < -0.3 is 11.1 Å². The predicted molar refractivity (Wildman–Crippen MR) is 129 cm³/mol. The summed E-state index contributed by atoms with van der Waals surface area (Å²) in [5, 5.41) is 12.7. The maximum absolute atomic E-state index is 13.4. The zero-order valence-electron chi connectivity index (χ0n) is 18.8. The molecule has 8 nitrogen and oxygen atoms in total. The molecule has 0 radical (unpaired) electrons. The lowest BCUT2D eigenvalue weighted by molar-refractivity contribution is -0.153. The van der Waals surface area contributed by atoms with Crippen molar-refractivity contribution < 1.29 is 18.0 Å². The van der Waals surface area contributed by atoms with Crippen molar-refractivity contribution in [1.29, 1.82) is 0 Å². The lowest BCUT2D eigenvalue weighted by Gasteiger charge is -2.27. The number of aromatic nitrogens is 5. The Kier molecular flexibility index (Phi) is 6.06. The van der Waals surface area contributed by atoms with E-state index in [0.717, 1.165) is 22.5 Å². The number of thiophene rings is 1. The number of nitrogens with one attached hydrogen (secondary N) is 1. The zero-order valence-corrected chi connectivity index (χ0v) is 19.7. The second-order valence-corrected chi connectivity index (χ2v) is 9.11. The Morgan fingerprint density at radius 1 is 1.06 bits per heavy atom. The largest absolute Gasteiger partial charge is 0.405 e. The van der Waals surface area contributed by atoms with Gasteiger partial charge in [0.05, 0.1) is 23.3 Å². The highest BCUT2D eigenvalue weighted by Gasteiger charge is 2.43. The maximum atomic E-state index is 13.4. The van der Waals surface area contributed by atoms with Crippen molar-refractivity contribution in [3.8, 4) is 22.3 Å². The number of carbonyl (C=O) groups excluding carboxylic acids is 1. The van der Waals surface area contributed by atoms with Crippen LogP contribution >= 0.6 is 11.3 Å². The smallest absolute Gasteiger partial charge is 0.343 e. The molecule has 1 amide bonds. The topological polar surface area (TPSA) is 103 Å². The molecule has 0 aliphatic rings. The van der Waals surface area contributed by atoms with Gasteiger partial charge in [-0.05, 0) is 22.6 Å². The number of nitrogens with two attached hydrogens (primary N) is 1. The summed E-state index contributed by atoms with van der Waals surface area (Å²) in [6.45, 7) is 0. The van der Waals surface area contributed by atoms with E-state index in [1.807, 2.05) is 19.4 Å². The average Bonchev–Trinajstić information content (AvgIpc) is 3.61. The molecule has 5 rings (SSSR count). The Balaban J connectivity index is 1.40. The number of nitrogens with zero attached hydrogens (tertiary/aromatic N) is 5. The molecule has 0 aliphatic carbocycles. The molecule has 0 bridgehead atoms. The van der Waals surface area contributed by atoms with Crippen molar-refractivity contribution in [2.75, 3.05) is 0 Å². The summed E-state index contributed by atoms with van der Waals surface area (Å²) in [6.07, 6.45) is 4.07. The molecule has 36 heavy (non-hydrogen) atoms. The van der Waals surface area contributed by atoms with Gasteiger partial charge in [-0.15, -0.1) is 11.3 Å². The van der Waals surface area contributed by atoms with Gasteiger partial charge in [0.25, 0.3) is 5.91 Å². The highest BCUT2D eigenvalue weighted by Crippen LogP contribution is 2.32. The van der Waals surface area contributed by atoms with Gasteiger partial charge in [-0.3, -0.25) is 9.48 Å². The molecule has 4 aromatic heterocycles. The fourth-order valence-corrected chi connectivity index (χ4v) is 4.65. The fraction of sp³-hybridized carbons (Fsp3) is 0.167. The predicted octanol–water partition coefficient (Wildman–Crippen LogP) is 4.22. The van der Waals surface area contributed by atoms with E-state index in [4.69, 9.17) is 5.73 Å². The van der Waals surface area contributed by atoms with Gasteiger partial charge in [-0.25, -0.2) is 9.50 Å². The van der Waals surface area contributed by atoms with Crippen LogP contribution in [-0.4, -0.2) is 42.5 Å². The third kappa shape index (κ3) is 4.60. The third-order valence-corrected chi connectivity index (χ3v) is 6.64. The lowest BCUT2D eigenvalue weighted by Crippen LogP contribution is -2.49.